The van der Waals surface area contributed by atoms with E-state index in [-0.39, 0.29) is 30.4 Å². The van der Waals surface area contributed by atoms with Crippen molar-refractivity contribution in [3.8, 4) is 0 Å². The lowest BCUT2D eigenvalue weighted by molar-refractivity contribution is -0.120. The number of urea groups is 1. The number of nitrogens with one attached hydrogen (secondary N) is 4. The Morgan fingerprint density at radius 3 is 2.35 bits per heavy atom. The number of carbonyl (C=O) groups excluding carboxylic acids is 2. The van der Waals surface area contributed by atoms with E-state index >= 15 is 0 Å². The lowest BCUT2D eigenvalue weighted by atomic mass is 10.1. The van der Waals surface area contributed by atoms with E-state index in [4.69, 9.17) is 0 Å². The maximum Gasteiger partial charge on any atom is 0.319 e. The van der Waals surface area contributed by atoms with Crippen LogP contribution in [0.15, 0.2) is 24.3 Å². The van der Waals surface area contributed by atoms with Crippen molar-refractivity contribution in [1.82, 2.24) is 16.0 Å². The van der Waals surface area contributed by atoms with E-state index in [0.717, 1.165) is 12.0 Å². The van der Waals surface area contributed by atoms with Crippen LogP contribution in [0.4, 0.5) is 10.5 Å². The summed E-state index contributed by atoms with van der Waals surface area (Å²) in [5, 5.41) is 11.4. The summed E-state index contributed by atoms with van der Waals surface area (Å²) in [4.78, 5) is 23.3. The van der Waals surface area contributed by atoms with Gasteiger partial charge in [-0.3, -0.25) is 4.79 Å². The van der Waals surface area contributed by atoms with Crippen LogP contribution >= 0.6 is 12.4 Å². The van der Waals surface area contributed by atoms with Crippen LogP contribution in [0.3, 0.4) is 0 Å². The monoisotopic (exact) mass is 342 g/mol. The van der Waals surface area contributed by atoms with Crippen molar-refractivity contribution in [2.75, 3.05) is 25.5 Å². The molecule has 1 atom stereocenters. The van der Waals surface area contributed by atoms with Crippen molar-refractivity contribution in [1.29, 1.82) is 0 Å². The second-order valence-electron chi connectivity index (χ2n) is 5.25. The Bertz CT molecular complexity index is 479. The molecule has 3 amide bonds. The maximum absolute atomic E-state index is 11.8. The zero-order chi connectivity index (χ0) is 16.4. The molecule has 1 aromatic carbocycles. The Hall–Kier alpha value is -1.79. The van der Waals surface area contributed by atoms with Gasteiger partial charge in [-0.25, -0.2) is 4.79 Å². The third-order valence-corrected chi connectivity index (χ3v) is 3.21. The standard InChI is InChI=1S/C16H26N4O2.ClH/c1-4-9-18-16(22)20-14-7-5-13(6-8-14)10-15(21)19-11-12(2)17-3;/h5-8,12,17H,4,9-11H2,1-3H3,(H,19,21)(H2,18,20,22);1H. The van der Waals surface area contributed by atoms with Gasteiger partial charge in [0.25, 0.3) is 0 Å². The average molecular weight is 343 g/mol. The summed E-state index contributed by atoms with van der Waals surface area (Å²) in [5.41, 5.74) is 1.62. The van der Waals surface area contributed by atoms with Gasteiger partial charge in [0, 0.05) is 24.8 Å². The summed E-state index contributed by atoms with van der Waals surface area (Å²) >= 11 is 0. The number of halogens is 1. The predicted octanol–water partition coefficient (Wildman–Crippen LogP) is 1.91. The highest BCUT2D eigenvalue weighted by Gasteiger charge is 2.06. The summed E-state index contributed by atoms with van der Waals surface area (Å²) in [6.45, 7) is 5.25. The van der Waals surface area contributed by atoms with Crippen molar-refractivity contribution in [3.63, 3.8) is 0 Å². The van der Waals surface area contributed by atoms with Gasteiger partial charge in [0.2, 0.25) is 5.91 Å². The molecular formula is C16H27ClN4O2. The second kappa shape index (κ2) is 11.7. The molecule has 0 saturated heterocycles. The Balaban J connectivity index is 0.00000484. The van der Waals surface area contributed by atoms with E-state index in [9.17, 15) is 9.59 Å². The van der Waals surface area contributed by atoms with E-state index < -0.39 is 0 Å². The van der Waals surface area contributed by atoms with Gasteiger partial charge in [-0.05, 0) is 38.1 Å². The highest BCUT2D eigenvalue weighted by Crippen LogP contribution is 2.10. The Kier molecular flexibility index (Phi) is 10.8. The molecule has 0 aliphatic heterocycles. The first-order chi connectivity index (χ1) is 10.5. The van der Waals surface area contributed by atoms with Gasteiger partial charge in [-0.2, -0.15) is 0 Å². The smallest absolute Gasteiger partial charge is 0.319 e. The summed E-state index contributed by atoms with van der Waals surface area (Å²) in [6, 6.07) is 7.31. The highest BCUT2D eigenvalue weighted by molar-refractivity contribution is 5.89. The lowest BCUT2D eigenvalue weighted by Crippen LogP contribution is -2.37. The van der Waals surface area contributed by atoms with E-state index in [1.807, 2.05) is 33.0 Å². The summed E-state index contributed by atoms with van der Waals surface area (Å²) in [7, 11) is 1.86. The minimum atomic E-state index is -0.214. The van der Waals surface area contributed by atoms with E-state index in [2.05, 4.69) is 21.3 Å². The molecule has 0 fully saturated rings. The summed E-state index contributed by atoms with van der Waals surface area (Å²) < 4.78 is 0. The van der Waals surface area contributed by atoms with Gasteiger partial charge in [0.15, 0.2) is 0 Å². The number of benzene rings is 1. The molecule has 0 aliphatic carbocycles. The van der Waals surface area contributed by atoms with Gasteiger partial charge in [0.1, 0.15) is 0 Å². The fourth-order valence-corrected chi connectivity index (χ4v) is 1.74. The van der Waals surface area contributed by atoms with E-state index in [1.54, 1.807) is 12.1 Å². The van der Waals surface area contributed by atoms with Crippen molar-refractivity contribution in [2.45, 2.75) is 32.7 Å². The molecule has 1 unspecified atom stereocenters. The Morgan fingerprint density at radius 1 is 1.13 bits per heavy atom. The summed E-state index contributed by atoms with van der Waals surface area (Å²) in [6.07, 6.45) is 1.23. The zero-order valence-electron chi connectivity index (χ0n) is 13.9. The number of rotatable bonds is 8. The normalized spacial score (nSPS) is 11.1. The van der Waals surface area contributed by atoms with E-state index in [1.165, 1.54) is 0 Å². The molecule has 0 bridgehead atoms. The van der Waals surface area contributed by atoms with Crippen molar-refractivity contribution in [3.05, 3.63) is 29.8 Å². The number of hydrogen-bond donors (Lipinski definition) is 4. The molecule has 1 aromatic rings. The van der Waals surface area contributed by atoms with Crippen LogP contribution in [0.5, 0.6) is 0 Å². The first-order valence-corrected chi connectivity index (χ1v) is 7.63. The maximum atomic E-state index is 11.8. The average Bonchev–Trinajstić information content (AvgIpc) is 2.52. The quantitative estimate of drug-likeness (QED) is 0.582. The first-order valence-electron chi connectivity index (χ1n) is 7.63. The molecule has 4 N–H and O–H groups in total. The topological polar surface area (TPSA) is 82.3 Å². The molecular weight excluding hydrogens is 316 g/mol. The molecule has 1 rings (SSSR count). The fourth-order valence-electron chi connectivity index (χ4n) is 1.74. The zero-order valence-corrected chi connectivity index (χ0v) is 14.8. The van der Waals surface area contributed by atoms with Crippen molar-refractivity contribution < 1.29 is 9.59 Å². The number of carbonyl (C=O) groups is 2. The third kappa shape index (κ3) is 9.05. The molecule has 6 nitrogen and oxygen atoms in total. The molecule has 0 radical (unpaired) electrons. The Labute approximate surface area is 144 Å². The molecule has 23 heavy (non-hydrogen) atoms. The predicted molar refractivity (Wildman–Crippen MR) is 96.2 cm³/mol. The molecule has 0 saturated carbocycles. The van der Waals surface area contributed by atoms with Crippen LogP contribution in [-0.4, -0.2) is 38.1 Å². The van der Waals surface area contributed by atoms with Crippen LogP contribution < -0.4 is 21.3 Å². The van der Waals surface area contributed by atoms with Crippen LogP contribution in [-0.2, 0) is 11.2 Å². The van der Waals surface area contributed by atoms with Gasteiger partial charge in [-0.15, -0.1) is 12.4 Å². The van der Waals surface area contributed by atoms with Crippen LogP contribution in [0.2, 0.25) is 0 Å². The number of likely N-dealkylation sites (N-methyl/N-ethyl adjacent to an activating group) is 1. The molecule has 0 aliphatic rings. The third-order valence-electron chi connectivity index (χ3n) is 3.21. The summed E-state index contributed by atoms with van der Waals surface area (Å²) in [5.74, 6) is -0.0106. The van der Waals surface area contributed by atoms with Gasteiger partial charge in [0.05, 0.1) is 6.42 Å². The SMILES string of the molecule is CCCNC(=O)Nc1ccc(CC(=O)NCC(C)NC)cc1.Cl. The highest BCUT2D eigenvalue weighted by atomic mass is 35.5. The van der Waals surface area contributed by atoms with E-state index in [0.29, 0.717) is 25.2 Å². The Morgan fingerprint density at radius 2 is 1.78 bits per heavy atom. The van der Waals surface area contributed by atoms with Gasteiger partial charge < -0.3 is 21.3 Å². The minimum absolute atomic E-state index is 0. The van der Waals surface area contributed by atoms with Crippen molar-refractivity contribution >= 4 is 30.0 Å². The first kappa shape index (κ1) is 21.2. The molecule has 130 valence electrons. The fraction of sp³-hybridized carbons (Fsp3) is 0.500. The van der Waals surface area contributed by atoms with Gasteiger partial charge in [-0.1, -0.05) is 19.1 Å². The van der Waals surface area contributed by atoms with Crippen LogP contribution in [0.1, 0.15) is 25.8 Å². The van der Waals surface area contributed by atoms with Crippen LogP contribution in [0.25, 0.3) is 0 Å². The van der Waals surface area contributed by atoms with Crippen molar-refractivity contribution in [2.24, 2.45) is 0 Å². The number of hydrogen-bond acceptors (Lipinski definition) is 3. The van der Waals surface area contributed by atoms with Crippen LogP contribution in [0, 0.1) is 0 Å². The second-order valence-corrected chi connectivity index (χ2v) is 5.25. The number of anilines is 1. The van der Waals surface area contributed by atoms with Gasteiger partial charge >= 0.3 is 6.03 Å². The lowest BCUT2D eigenvalue weighted by Gasteiger charge is -2.11. The minimum Gasteiger partial charge on any atom is -0.354 e. The largest absolute Gasteiger partial charge is 0.354 e. The molecule has 0 aromatic heterocycles. The molecule has 0 heterocycles. The molecule has 7 heteroatoms. The number of amides is 3. The molecule has 0 spiro atoms.